The largest absolute Gasteiger partial charge is 0.480 e. The van der Waals surface area contributed by atoms with Gasteiger partial charge in [0.1, 0.15) is 89.3 Å². The molecule has 0 aliphatic carbocycles. The Balaban J connectivity index is 1.17. The minimum Gasteiger partial charge on any atom is -0.480 e. The van der Waals surface area contributed by atoms with Crippen molar-refractivity contribution in [3.05, 3.63) is 215 Å². The van der Waals surface area contributed by atoms with E-state index in [1.807, 2.05) is 202 Å². The normalized spacial score (nSPS) is 16.3. The fourth-order valence-corrected chi connectivity index (χ4v) is 21.3. The van der Waals surface area contributed by atoms with Crippen LogP contribution in [0.15, 0.2) is 182 Å². The Morgan fingerprint density at radius 2 is 0.760 bits per heavy atom. The highest BCUT2D eigenvalue weighted by Gasteiger charge is 2.48. The van der Waals surface area contributed by atoms with E-state index in [-0.39, 0.29) is 94.8 Å². The van der Waals surface area contributed by atoms with Crippen molar-refractivity contribution in [2.45, 2.75) is 332 Å². The van der Waals surface area contributed by atoms with E-state index in [1.54, 1.807) is 125 Å². The fraction of sp³-hybridized carbons (Fsp3) is 0.549. The Bertz CT molecular complexity index is 5260. The summed E-state index contributed by atoms with van der Waals surface area (Å²) in [5.74, 6) is -12.0. The van der Waals surface area contributed by atoms with Gasteiger partial charge < -0.3 is 97.1 Å². The minimum absolute atomic E-state index is 0.0106. The second-order valence-electron chi connectivity index (χ2n) is 43.7. The maximum atomic E-state index is 16.4. The van der Waals surface area contributed by atoms with Crippen LogP contribution in [0.1, 0.15) is 249 Å². The van der Waals surface area contributed by atoms with Crippen molar-refractivity contribution in [3.8, 4) is 0 Å². The molecule has 2 heterocycles. The zero-order chi connectivity index (χ0) is 111. The zero-order valence-corrected chi connectivity index (χ0v) is 93.4. The number of hydrogen-bond acceptors (Lipinski definition) is 23. The average molecular weight is 2130 g/mol. The summed E-state index contributed by atoms with van der Waals surface area (Å²) >= 11 is 4.04. The average Bonchev–Trinajstić information content (AvgIpc) is 0.837. The van der Waals surface area contributed by atoms with Crippen LogP contribution >= 0.6 is 35.3 Å². The van der Waals surface area contributed by atoms with Gasteiger partial charge in [0.05, 0.1) is 33.4 Å². The lowest BCUT2D eigenvalue weighted by Crippen LogP contribution is -2.62. The van der Waals surface area contributed by atoms with Gasteiger partial charge in [-0.05, 0) is 239 Å². The minimum atomic E-state index is -1.59. The number of carbonyl (C=O) groups is 15. The molecule has 2 fully saturated rings. The van der Waals surface area contributed by atoms with E-state index in [4.69, 9.17) is 23.7 Å². The van der Waals surface area contributed by atoms with Gasteiger partial charge >= 0.3 is 24.1 Å². The van der Waals surface area contributed by atoms with Gasteiger partial charge in [0.2, 0.25) is 65.0 Å². The Labute approximate surface area is 897 Å². The van der Waals surface area contributed by atoms with Crippen molar-refractivity contribution in [2.24, 2.45) is 11.8 Å². The molecule has 0 unspecified atom stereocenters. The van der Waals surface area contributed by atoms with Gasteiger partial charge in [0, 0.05) is 37.6 Å². The van der Waals surface area contributed by atoms with Gasteiger partial charge in [-0.25, -0.2) is 14.4 Å². The van der Waals surface area contributed by atoms with E-state index in [0.717, 1.165) is 33.4 Å². The van der Waals surface area contributed by atoms with Crippen LogP contribution in [-0.4, -0.2) is 260 Å². The molecule has 13 atom stereocenters. The summed E-state index contributed by atoms with van der Waals surface area (Å²) in [6, 6.07) is 40.3. The Kier molecular flexibility index (Phi) is 46.7. The second kappa shape index (κ2) is 56.9. The van der Waals surface area contributed by atoms with Gasteiger partial charge in [-0.15, -0.1) is 23.5 Å². The van der Waals surface area contributed by atoms with Crippen LogP contribution < -0.4 is 58.5 Å². The van der Waals surface area contributed by atoms with E-state index in [1.165, 1.54) is 52.0 Å². The first kappa shape index (κ1) is 123. The van der Waals surface area contributed by atoms with Crippen LogP contribution in [0, 0.1) is 11.8 Å². The maximum Gasteiger partial charge on any atom is 0.408 e. The Hall–Kier alpha value is -12.1. The summed E-state index contributed by atoms with van der Waals surface area (Å²) in [4.78, 5) is 225. The SMILES string of the molecule is CSCC[C@H](NC(=O)[C@H](CCCCNC(=O)OC(C)(C)C)NC(=O)[C@@H]1CCCN1C(=O)[C@H](CSC(c1ccccc1)(c1ccccc1)c1ccccc1)NC(=O)[C@H](C)NC(=O)[C@H](CSC(c1ccccc1)(c1ccccc1)c1ccccc1)NC(=O)[C@@H](NC(=O)[C@@H]1CCCN1C(=O)[C@H](CCC(=O)OC(C)(C)C)NC(=O)[C@H](COC(C)(C)C)NC(=O)[C@@H](NC(=O)OC(C)(C)C)[C@@H](C)OC(C)(C)C)C(C)C)C(=O)N[C@@H](CC(C)C)C(=O)O. The van der Waals surface area contributed by atoms with E-state index >= 15 is 38.4 Å². The molecule has 6 aromatic carbocycles. The number of likely N-dealkylation sites (tertiary alicyclic amines) is 2. The quantitative estimate of drug-likeness (QED) is 0.00730. The molecule has 2 aliphatic heterocycles. The van der Waals surface area contributed by atoms with Crippen LogP contribution in [0.25, 0.3) is 0 Å². The number of benzene rings is 6. The topological polar surface area (TPSA) is 461 Å². The van der Waals surface area contributed by atoms with E-state index < -0.39 is 224 Å². The van der Waals surface area contributed by atoms with Crippen molar-refractivity contribution in [1.29, 1.82) is 0 Å². The third kappa shape index (κ3) is 38.1. The highest BCUT2D eigenvalue weighted by Crippen LogP contribution is 2.51. The first-order chi connectivity index (χ1) is 70.5. The first-order valence-corrected chi connectivity index (χ1v) is 55.1. The molecule has 0 radical (unpaired) electrons. The molecule has 37 heteroatoms. The lowest BCUT2D eigenvalue weighted by molar-refractivity contribution is -0.155. The van der Waals surface area contributed by atoms with Crippen LogP contribution in [0.5, 0.6) is 0 Å². The molecule has 0 bridgehead atoms. The summed E-state index contributed by atoms with van der Waals surface area (Å²) in [5, 5.41) is 41.2. The molecule has 2 aliphatic rings. The molecule has 13 amide bonds. The highest BCUT2D eigenvalue weighted by atomic mass is 32.2. The lowest BCUT2D eigenvalue weighted by Gasteiger charge is -2.37. The van der Waals surface area contributed by atoms with Crippen LogP contribution in [0.4, 0.5) is 9.59 Å². The Morgan fingerprint density at radius 1 is 0.380 bits per heavy atom. The van der Waals surface area contributed by atoms with Crippen molar-refractivity contribution in [2.75, 3.05) is 49.8 Å². The number of nitrogens with one attached hydrogen (secondary N) is 11. The number of unbranched alkanes of at least 4 members (excludes halogenated alkanes) is 1. The molecular formula is C113H159N13O21S3. The summed E-state index contributed by atoms with van der Waals surface area (Å²) in [7, 11) is 0. The third-order valence-corrected chi connectivity index (χ3v) is 28.6. The number of carbonyl (C=O) groups excluding carboxylic acids is 14. The number of hydrogen-bond donors (Lipinski definition) is 12. The summed E-state index contributed by atoms with van der Waals surface area (Å²) in [6.45, 7) is 35.1. The summed E-state index contributed by atoms with van der Waals surface area (Å²) < 4.78 is 26.7. The van der Waals surface area contributed by atoms with Crippen molar-refractivity contribution >= 4 is 124 Å². The predicted molar refractivity (Wildman–Crippen MR) is 583 cm³/mol. The summed E-state index contributed by atoms with van der Waals surface area (Å²) in [6.07, 6.45) is -0.327. The molecular weight excluding hydrogens is 1970 g/mol. The van der Waals surface area contributed by atoms with Gasteiger partial charge in [-0.2, -0.15) is 11.8 Å². The number of thioether (sulfide) groups is 3. The molecule has 12 N–H and O–H groups in total. The molecule has 6 aromatic rings. The van der Waals surface area contributed by atoms with Crippen LogP contribution in [0.3, 0.4) is 0 Å². The number of carboxylic acids is 1. The van der Waals surface area contributed by atoms with Crippen LogP contribution in [-0.2, 0) is 95.5 Å². The van der Waals surface area contributed by atoms with Gasteiger partial charge in [0.25, 0.3) is 0 Å². The lowest BCUT2D eigenvalue weighted by atomic mass is 9.84. The number of rotatable bonds is 52. The van der Waals surface area contributed by atoms with Crippen molar-refractivity contribution in [3.63, 3.8) is 0 Å². The highest BCUT2D eigenvalue weighted by molar-refractivity contribution is 8.01. The third-order valence-electron chi connectivity index (χ3n) is 24.7. The number of aliphatic carboxylic acids is 1. The number of amides is 13. The fourth-order valence-electron chi connectivity index (χ4n) is 17.7. The summed E-state index contributed by atoms with van der Waals surface area (Å²) in [5.41, 5.74) is 0.256. The van der Waals surface area contributed by atoms with Crippen molar-refractivity contribution in [1.82, 2.24) is 68.3 Å². The first-order valence-electron chi connectivity index (χ1n) is 51.7. The molecule has 0 saturated carbocycles. The van der Waals surface area contributed by atoms with Crippen molar-refractivity contribution < 1.29 is 101 Å². The number of carboxylic acid groups (broad SMARTS) is 1. The van der Waals surface area contributed by atoms with E-state index in [2.05, 4.69) is 58.5 Å². The molecule has 0 spiro atoms. The molecule has 34 nitrogen and oxygen atoms in total. The number of ether oxygens (including phenoxy) is 5. The smallest absolute Gasteiger partial charge is 0.408 e. The van der Waals surface area contributed by atoms with Gasteiger partial charge in [-0.1, -0.05) is 210 Å². The van der Waals surface area contributed by atoms with Gasteiger partial charge in [0.15, 0.2) is 0 Å². The molecule has 0 aromatic heterocycles. The number of alkyl carbamates (subject to hydrolysis) is 2. The second-order valence-corrected chi connectivity index (χ2v) is 47.2. The molecule has 820 valence electrons. The number of esters is 1. The number of nitrogens with zero attached hydrogens (tertiary/aromatic N) is 2. The maximum absolute atomic E-state index is 16.4. The predicted octanol–water partition coefficient (Wildman–Crippen LogP) is 13.1. The van der Waals surface area contributed by atoms with Gasteiger partial charge in [-0.3, -0.25) is 57.5 Å². The monoisotopic (exact) mass is 2130 g/mol. The zero-order valence-electron chi connectivity index (χ0n) is 90.9. The molecule has 2 saturated heterocycles. The molecule has 150 heavy (non-hydrogen) atoms. The Morgan fingerprint density at radius 3 is 1.18 bits per heavy atom. The van der Waals surface area contributed by atoms with E-state index in [0.29, 0.717) is 12.2 Å². The standard InChI is InChI=1S/C113H159N13O21S3/c1-71(2)67-84(104(139)140)119-95(130)82(62-66-148-22)116-94(129)81(57-41-42-63-114-105(141)146-110(16,17)18)117-98(133)88-58-43-65-126(88)103(138)87(70-150-113(78-51-35-26-36-52-78,79-53-37-27-38-54-79)80-55-39-28-40-56-80)122-93(128)73(5)115-97(132)86(69-149-112(75-45-29-23-30-46-75,76-47-31-24-32-48-76)77-49-33-25-34-50-77)121-100(135)91(72(3)4)123-99(134)89-59-44-64-125(89)102(137)83(60-61-90(127)145-109(13,14)15)118-96(131)85(68-143-107(7,8)9)120-101(136)92(74(6)144-108(10,11)12)124-106(142)147-111(19,20)21/h23-40,45-56,71-74,81-89,91-92H,41-44,57-70H2,1-22H3,(H,114,141)(H,115,132)(H,116,129)(H,117,133)(H,118,131)(H,119,130)(H,120,136)(H,121,135)(H,122,128)(H,123,134)(H,124,142)(H,139,140)/t73-,74+,81-,82-,83-,84-,85-,86-,87-,88-,89-,91-,92-/m0/s1. The molecule has 8 rings (SSSR count). The van der Waals surface area contributed by atoms with E-state index in [9.17, 15) is 38.7 Å². The van der Waals surface area contributed by atoms with Crippen LogP contribution in [0.2, 0.25) is 0 Å².